The van der Waals surface area contributed by atoms with Gasteiger partial charge < -0.3 is 23.5 Å². The molecule has 1 rings (SSSR count). The van der Waals surface area contributed by atoms with Gasteiger partial charge in [0.25, 0.3) is 0 Å². The fourth-order valence-corrected chi connectivity index (χ4v) is 3.48. The summed E-state index contributed by atoms with van der Waals surface area (Å²) in [7, 11) is 0. The summed E-state index contributed by atoms with van der Waals surface area (Å²) in [5.41, 5.74) is -1.23. The second-order valence-electron chi connectivity index (χ2n) is 9.82. The molecule has 0 aromatic carbocycles. The first-order valence-corrected chi connectivity index (χ1v) is 12.6. The summed E-state index contributed by atoms with van der Waals surface area (Å²) in [6, 6.07) is 0.0229. The van der Waals surface area contributed by atoms with Crippen LogP contribution in [0.3, 0.4) is 0 Å². The van der Waals surface area contributed by atoms with Crippen molar-refractivity contribution in [2.24, 2.45) is 10.8 Å². The smallest absolute Gasteiger partial charge is 0.311 e. The molecule has 3 atom stereocenters. The second-order valence-corrected chi connectivity index (χ2v) is 9.82. The Bertz CT molecular complexity index is 706. The van der Waals surface area contributed by atoms with Crippen LogP contribution in [0.25, 0.3) is 0 Å². The molecule has 1 aromatic heterocycles. The van der Waals surface area contributed by atoms with Crippen LogP contribution in [-0.2, 0) is 28.5 Å². The zero-order chi connectivity index (χ0) is 25.6. The average Bonchev–Trinajstić information content (AvgIpc) is 3.35. The zero-order valence-corrected chi connectivity index (χ0v) is 22.3. The standard InChI is InChI=1S/C26H46N2O6/c1-8-13-31-14-15-32-21(4)18-22(28-12-11-27-20-28)19-26(7,10-3)24(30)34-17-16-33-23(29)25(5,6)9-2/h11-12,20-22H,8-10,13-19H2,1-7H3. The predicted molar refractivity (Wildman–Crippen MR) is 131 cm³/mol. The Hall–Kier alpha value is -1.93. The molecule has 0 N–H and O–H groups in total. The fraction of sp³-hybridized carbons (Fsp3) is 0.808. The number of nitrogens with zero attached hydrogens (tertiary/aromatic N) is 2. The molecule has 0 saturated carbocycles. The first kappa shape index (κ1) is 30.1. The van der Waals surface area contributed by atoms with Crippen LogP contribution in [0.2, 0.25) is 0 Å². The number of ether oxygens (including phenoxy) is 4. The minimum absolute atomic E-state index is 0.00362. The Morgan fingerprint density at radius 2 is 1.62 bits per heavy atom. The molecule has 0 fully saturated rings. The molecular formula is C26H46N2O6. The molecular weight excluding hydrogens is 436 g/mol. The minimum Gasteiger partial charge on any atom is -0.462 e. The van der Waals surface area contributed by atoms with E-state index in [-0.39, 0.29) is 37.3 Å². The number of esters is 2. The van der Waals surface area contributed by atoms with E-state index in [1.807, 2.05) is 52.3 Å². The zero-order valence-electron chi connectivity index (χ0n) is 22.3. The maximum absolute atomic E-state index is 13.0. The van der Waals surface area contributed by atoms with Crippen LogP contribution in [0.15, 0.2) is 18.7 Å². The summed E-state index contributed by atoms with van der Waals surface area (Å²) >= 11 is 0. The van der Waals surface area contributed by atoms with Gasteiger partial charge in [-0.2, -0.15) is 0 Å². The second kappa shape index (κ2) is 15.1. The molecule has 8 heteroatoms. The van der Waals surface area contributed by atoms with Crippen molar-refractivity contribution in [3.05, 3.63) is 18.7 Å². The molecule has 0 saturated heterocycles. The number of carbonyl (C=O) groups excluding carboxylic acids is 2. The molecule has 1 aromatic rings. The lowest BCUT2D eigenvalue weighted by atomic mass is 9.80. The summed E-state index contributed by atoms with van der Waals surface area (Å²) in [5, 5.41) is 0. The van der Waals surface area contributed by atoms with Gasteiger partial charge in [0.05, 0.1) is 36.5 Å². The Morgan fingerprint density at radius 3 is 2.18 bits per heavy atom. The van der Waals surface area contributed by atoms with Gasteiger partial charge in [-0.1, -0.05) is 20.8 Å². The molecule has 196 valence electrons. The Balaban J connectivity index is 2.67. The van der Waals surface area contributed by atoms with Gasteiger partial charge in [-0.15, -0.1) is 0 Å². The molecule has 0 aliphatic carbocycles. The summed E-state index contributed by atoms with van der Waals surface area (Å²) in [6.45, 7) is 15.6. The average molecular weight is 483 g/mol. The summed E-state index contributed by atoms with van der Waals surface area (Å²) < 4.78 is 24.3. The highest BCUT2D eigenvalue weighted by atomic mass is 16.6. The topological polar surface area (TPSA) is 88.9 Å². The third kappa shape index (κ3) is 10.1. The van der Waals surface area contributed by atoms with E-state index >= 15 is 0 Å². The number of rotatable bonds is 18. The van der Waals surface area contributed by atoms with Crippen molar-refractivity contribution in [3.63, 3.8) is 0 Å². The Kier molecular flexibility index (Phi) is 13.4. The molecule has 0 amide bonds. The van der Waals surface area contributed by atoms with Crippen LogP contribution >= 0.6 is 0 Å². The van der Waals surface area contributed by atoms with E-state index in [9.17, 15) is 9.59 Å². The lowest BCUT2D eigenvalue weighted by Crippen LogP contribution is -2.34. The Labute approximate surface area is 205 Å². The molecule has 0 aliphatic rings. The van der Waals surface area contributed by atoms with Crippen molar-refractivity contribution in [1.82, 2.24) is 9.55 Å². The minimum atomic E-state index is -0.689. The van der Waals surface area contributed by atoms with Crippen LogP contribution in [0.5, 0.6) is 0 Å². The summed E-state index contributed by atoms with van der Waals surface area (Å²) in [4.78, 5) is 29.3. The Morgan fingerprint density at radius 1 is 0.941 bits per heavy atom. The highest BCUT2D eigenvalue weighted by Gasteiger charge is 2.37. The van der Waals surface area contributed by atoms with Crippen molar-refractivity contribution >= 4 is 11.9 Å². The predicted octanol–water partition coefficient (Wildman–Crippen LogP) is 4.98. The highest BCUT2D eigenvalue weighted by Crippen LogP contribution is 2.36. The van der Waals surface area contributed by atoms with Crippen molar-refractivity contribution in [1.29, 1.82) is 0 Å². The van der Waals surface area contributed by atoms with Gasteiger partial charge in [0, 0.05) is 25.0 Å². The number of hydrogen-bond donors (Lipinski definition) is 0. The summed E-state index contributed by atoms with van der Waals surface area (Å²) in [5.74, 6) is -0.564. The highest BCUT2D eigenvalue weighted by molar-refractivity contribution is 5.77. The van der Waals surface area contributed by atoms with E-state index in [1.165, 1.54) is 0 Å². The fourth-order valence-electron chi connectivity index (χ4n) is 3.48. The van der Waals surface area contributed by atoms with Gasteiger partial charge >= 0.3 is 11.9 Å². The van der Waals surface area contributed by atoms with Crippen LogP contribution in [-0.4, -0.2) is 60.6 Å². The molecule has 0 radical (unpaired) electrons. The van der Waals surface area contributed by atoms with Crippen LogP contribution in [0.4, 0.5) is 0 Å². The number of imidazole rings is 1. The largest absolute Gasteiger partial charge is 0.462 e. The van der Waals surface area contributed by atoms with Gasteiger partial charge in [0.15, 0.2) is 0 Å². The van der Waals surface area contributed by atoms with E-state index in [0.717, 1.165) is 19.4 Å². The van der Waals surface area contributed by atoms with E-state index in [0.29, 0.717) is 32.5 Å². The third-order valence-corrected chi connectivity index (χ3v) is 6.47. The maximum Gasteiger partial charge on any atom is 0.311 e. The SMILES string of the molecule is CCCOCCOC(C)CC(CC(C)(CC)C(=O)OCCOC(=O)C(C)(C)CC)n1ccnc1. The van der Waals surface area contributed by atoms with Gasteiger partial charge in [0.2, 0.25) is 0 Å². The van der Waals surface area contributed by atoms with Gasteiger partial charge in [-0.05, 0) is 59.8 Å². The number of carbonyl (C=O) groups is 2. The van der Waals surface area contributed by atoms with Crippen LogP contribution in [0, 0.1) is 10.8 Å². The molecule has 34 heavy (non-hydrogen) atoms. The number of aromatic nitrogens is 2. The number of hydrogen-bond acceptors (Lipinski definition) is 7. The first-order chi connectivity index (χ1) is 16.1. The van der Waals surface area contributed by atoms with Crippen LogP contribution in [0.1, 0.15) is 86.6 Å². The molecule has 0 aliphatic heterocycles. The lowest BCUT2D eigenvalue weighted by molar-refractivity contribution is -0.164. The van der Waals surface area contributed by atoms with E-state index < -0.39 is 10.8 Å². The monoisotopic (exact) mass is 482 g/mol. The lowest BCUT2D eigenvalue weighted by Gasteiger charge is -2.32. The maximum atomic E-state index is 13.0. The quantitative estimate of drug-likeness (QED) is 0.215. The third-order valence-electron chi connectivity index (χ3n) is 6.47. The van der Waals surface area contributed by atoms with Crippen molar-refractivity contribution < 1.29 is 28.5 Å². The first-order valence-electron chi connectivity index (χ1n) is 12.6. The van der Waals surface area contributed by atoms with E-state index in [4.69, 9.17) is 18.9 Å². The molecule has 3 unspecified atom stereocenters. The van der Waals surface area contributed by atoms with E-state index in [1.54, 1.807) is 12.5 Å². The molecule has 8 nitrogen and oxygen atoms in total. The van der Waals surface area contributed by atoms with Crippen molar-refractivity contribution in [2.45, 2.75) is 92.7 Å². The molecule has 0 bridgehead atoms. The van der Waals surface area contributed by atoms with Crippen LogP contribution < -0.4 is 0 Å². The normalized spacial score (nSPS) is 15.4. The van der Waals surface area contributed by atoms with Gasteiger partial charge in [-0.3, -0.25) is 9.59 Å². The van der Waals surface area contributed by atoms with Crippen molar-refractivity contribution in [2.75, 3.05) is 33.0 Å². The molecule has 0 spiro atoms. The van der Waals surface area contributed by atoms with E-state index in [2.05, 4.69) is 11.9 Å². The molecule has 1 heterocycles. The van der Waals surface area contributed by atoms with Gasteiger partial charge in [-0.25, -0.2) is 4.98 Å². The summed E-state index contributed by atoms with van der Waals surface area (Å²) in [6.07, 6.45) is 9.04. The van der Waals surface area contributed by atoms with Gasteiger partial charge in [0.1, 0.15) is 13.2 Å². The van der Waals surface area contributed by atoms with Crippen molar-refractivity contribution in [3.8, 4) is 0 Å².